The fraction of sp³-hybridized carbons (Fsp3) is 0.667. The van der Waals surface area contributed by atoms with E-state index in [1.54, 1.807) is 0 Å². The van der Waals surface area contributed by atoms with Crippen LogP contribution in [0.1, 0.15) is 81.1 Å². The molecule has 2 N–H and O–H groups in total. The Hall–Kier alpha value is -2.53. The van der Waals surface area contributed by atoms with Crippen molar-refractivity contribution in [1.82, 2.24) is 25.1 Å². The van der Waals surface area contributed by atoms with Crippen LogP contribution in [0, 0.1) is 0 Å². The van der Waals surface area contributed by atoms with Gasteiger partial charge in [-0.05, 0) is 80.4 Å². The Kier molecular flexibility index (Phi) is 7.17. The van der Waals surface area contributed by atoms with Gasteiger partial charge in [-0.1, -0.05) is 18.2 Å². The lowest BCUT2D eigenvalue weighted by Gasteiger charge is -2.50. The highest BCUT2D eigenvalue weighted by Crippen LogP contribution is 2.39. The number of aromatic nitrogens is 3. The lowest BCUT2D eigenvalue weighted by molar-refractivity contribution is -0.297. The van der Waals surface area contributed by atoms with Gasteiger partial charge in [0.25, 0.3) is 0 Å². The molecule has 202 valence electrons. The molecule has 0 aliphatic carbocycles. The number of ether oxygens (including phenoxy) is 1. The molecule has 2 aliphatic rings. The first-order valence-electron chi connectivity index (χ1n) is 13.0. The van der Waals surface area contributed by atoms with Gasteiger partial charge >= 0.3 is 6.01 Å². The molecule has 2 saturated heterocycles. The summed E-state index contributed by atoms with van der Waals surface area (Å²) in [5.74, 6) is 0.748. The van der Waals surface area contributed by atoms with Gasteiger partial charge in [-0.3, -0.25) is 0 Å². The predicted octanol–water partition coefficient (Wildman–Crippen LogP) is 5.14. The van der Waals surface area contributed by atoms with E-state index < -0.39 is 22.2 Å². The van der Waals surface area contributed by atoms with Crippen molar-refractivity contribution in [2.75, 3.05) is 10.6 Å². The first kappa shape index (κ1) is 27.5. The summed E-state index contributed by atoms with van der Waals surface area (Å²) < 4.78 is 6.32. The zero-order valence-corrected chi connectivity index (χ0v) is 23.3. The summed E-state index contributed by atoms with van der Waals surface area (Å²) in [6.07, 6.45) is 2.18. The summed E-state index contributed by atoms with van der Waals surface area (Å²) in [5, 5.41) is 34.7. The third-order valence-corrected chi connectivity index (χ3v) is 7.40. The molecule has 2 aliphatic heterocycles. The number of nitrogens with one attached hydrogen (secondary N) is 2. The number of hydrogen-bond donors (Lipinski definition) is 2. The summed E-state index contributed by atoms with van der Waals surface area (Å²) in [5.41, 5.74) is -1.36. The van der Waals surface area contributed by atoms with Gasteiger partial charge in [-0.15, -0.1) is 20.5 Å². The van der Waals surface area contributed by atoms with Gasteiger partial charge in [-0.2, -0.15) is 15.0 Å². The van der Waals surface area contributed by atoms with Crippen LogP contribution in [-0.4, -0.2) is 59.4 Å². The van der Waals surface area contributed by atoms with Crippen molar-refractivity contribution in [1.29, 1.82) is 0 Å². The van der Waals surface area contributed by atoms with E-state index in [0.29, 0.717) is 37.6 Å². The van der Waals surface area contributed by atoms with Crippen LogP contribution in [0.2, 0.25) is 0 Å². The van der Waals surface area contributed by atoms with Gasteiger partial charge in [0.15, 0.2) is 0 Å². The monoisotopic (exact) mass is 511 g/mol. The number of hydrogen-bond acceptors (Lipinski definition) is 8. The van der Waals surface area contributed by atoms with Crippen molar-refractivity contribution in [3.63, 3.8) is 0 Å². The van der Waals surface area contributed by atoms with Crippen LogP contribution in [-0.2, 0) is 10.4 Å². The molecule has 2 fully saturated rings. The zero-order chi connectivity index (χ0) is 27.2. The minimum Gasteiger partial charge on any atom is -0.460 e. The van der Waals surface area contributed by atoms with Crippen LogP contribution in [0.3, 0.4) is 0 Å². The average molecular weight is 512 g/mol. The molecule has 0 saturated carbocycles. The van der Waals surface area contributed by atoms with E-state index in [1.165, 1.54) is 10.1 Å². The summed E-state index contributed by atoms with van der Waals surface area (Å²) in [6, 6.07) is 9.87. The third-order valence-electron chi connectivity index (χ3n) is 7.40. The average Bonchev–Trinajstić information content (AvgIpc) is 2.75. The molecule has 2 aromatic rings. The summed E-state index contributed by atoms with van der Waals surface area (Å²) in [4.78, 5) is 13.8. The van der Waals surface area contributed by atoms with Crippen LogP contribution >= 0.6 is 0 Å². The number of piperidine rings is 2. The first-order chi connectivity index (χ1) is 17.1. The summed E-state index contributed by atoms with van der Waals surface area (Å²) in [6.45, 7) is 15.6. The molecule has 4 rings (SSSR count). The number of para-hydroxylation sites is 1. The third kappa shape index (κ3) is 6.14. The molecule has 1 aromatic carbocycles. The predicted molar refractivity (Wildman–Crippen MR) is 141 cm³/mol. The minimum atomic E-state index is -0.574. The lowest BCUT2D eigenvalue weighted by atomic mass is 9.79. The molecule has 3 heterocycles. The van der Waals surface area contributed by atoms with Crippen molar-refractivity contribution in [3.8, 4) is 6.01 Å². The Balaban J connectivity index is 1.61. The second kappa shape index (κ2) is 9.65. The normalized spacial score (nSPS) is 23.9. The largest absolute Gasteiger partial charge is 0.460 e. The maximum absolute atomic E-state index is 12.8. The van der Waals surface area contributed by atoms with Crippen LogP contribution in [0.4, 0.5) is 17.6 Å². The Labute approximate surface area is 220 Å². The van der Waals surface area contributed by atoms with E-state index in [2.05, 4.69) is 25.6 Å². The lowest BCUT2D eigenvalue weighted by Crippen LogP contribution is -2.60. The summed E-state index contributed by atoms with van der Waals surface area (Å²) >= 11 is 0. The van der Waals surface area contributed by atoms with Crippen molar-refractivity contribution in [3.05, 3.63) is 30.3 Å². The Morgan fingerprint density at radius 1 is 0.730 bits per heavy atom. The number of rotatable bonds is 6. The van der Waals surface area contributed by atoms with Crippen molar-refractivity contribution >= 4 is 17.6 Å². The quantitative estimate of drug-likeness (QED) is 0.547. The number of nitrogens with zero attached hydrogens (tertiary/aromatic N) is 5. The maximum atomic E-state index is 12.8. The highest BCUT2D eigenvalue weighted by atomic mass is 16.5. The van der Waals surface area contributed by atoms with E-state index in [0.717, 1.165) is 5.69 Å². The molecule has 0 amide bonds. The number of hydroxylamine groups is 4. The van der Waals surface area contributed by atoms with Crippen LogP contribution in [0.5, 0.6) is 6.01 Å². The van der Waals surface area contributed by atoms with Crippen LogP contribution in [0.15, 0.2) is 30.3 Å². The molecule has 10 heteroatoms. The van der Waals surface area contributed by atoms with Crippen LogP contribution < -0.4 is 15.4 Å². The second-order valence-corrected chi connectivity index (χ2v) is 13.0. The van der Waals surface area contributed by atoms with E-state index >= 15 is 0 Å². The smallest absolute Gasteiger partial charge is 0.323 e. The van der Waals surface area contributed by atoms with E-state index in [1.807, 2.05) is 85.7 Å². The van der Waals surface area contributed by atoms with Crippen molar-refractivity contribution < 1.29 is 15.2 Å². The highest BCUT2D eigenvalue weighted by molar-refractivity contribution is 5.54. The van der Waals surface area contributed by atoms with Gasteiger partial charge < -0.3 is 15.4 Å². The Bertz CT molecular complexity index is 992. The number of anilines is 3. The molecule has 0 bridgehead atoms. The SMILES string of the molecule is CC1(C)CC(Nc2nc(Nc3ccccc3)nc(OC3CC(C)(C)N([O])C(C)(C)C3)n2)CC(C)(C)N1[O]. The fourth-order valence-electron chi connectivity index (χ4n) is 6.13. The molecule has 2 radical (unpaired) electrons. The van der Waals surface area contributed by atoms with Gasteiger partial charge in [-0.25, -0.2) is 0 Å². The van der Waals surface area contributed by atoms with Gasteiger partial charge in [0.2, 0.25) is 11.9 Å². The molecule has 37 heavy (non-hydrogen) atoms. The molecule has 0 unspecified atom stereocenters. The maximum Gasteiger partial charge on any atom is 0.323 e. The Morgan fingerprint density at radius 2 is 1.22 bits per heavy atom. The van der Waals surface area contributed by atoms with E-state index in [-0.39, 0.29) is 18.2 Å². The molecular formula is C27H41N7O3. The second-order valence-electron chi connectivity index (χ2n) is 13.0. The topological polar surface area (TPSA) is 118 Å². The Morgan fingerprint density at radius 3 is 1.76 bits per heavy atom. The summed E-state index contributed by atoms with van der Waals surface area (Å²) in [7, 11) is 0. The minimum absolute atomic E-state index is 0.00315. The number of benzene rings is 1. The van der Waals surface area contributed by atoms with Gasteiger partial charge in [0.05, 0.1) is 0 Å². The first-order valence-corrected chi connectivity index (χ1v) is 13.0. The zero-order valence-electron chi connectivity index (χ0n) is 23.3. The van der Waals surface area contributed by atoms with E-state index in [9.17, 15) is 10.4 Å². The molecule has 0 atom stereocenters. The van der Waals surface area contributed by atoms with Crippen molar-refractivity contribution in [2.24, 2.45) is 0 Å². The van der Waals surface area contributed by atoms with Gasteiger partial charge in [0.1, 0.15) is 6.10 Å². The van der Waals surface area contributed by atoms with Crippen molar-refractivity contribution in [2.45, 2.75) is 115 Å². The molecular weight excluding hydrogens is 470 g/mol. The fourth-order valence-corrected chi connectivity index (χ4v) is 6.13. The molecule has 1 aromatic heterocycles. The molecule has 0 spiro atoms. The molecule has 10 nitrogen and oxygen atoms in total. The van der Waals surface area contributed by atoms with E-state index in [4.69, 9.17) is 4.74 Å². The van der Waals surface area contributed by atoms with Crippen LogP contribution in [0.25, 0.3) is 0 Å². The van der Waals surface area contributed by atoms with Gasteiger partial charge in [0, 0.05) is 46.7 Å². The standard InChI is InChI=1S/C27H41N7O3/c1-24(2)14-19(15-25(3,4)33(24)35)29-22-30-21(28-18-12-10-9-11-13-18)31-23(32-22)37-20-16-26(5,6)34(36)27(7,8)17-20/h9-13,19-20H,14-17H2,1-8H3,(H2,28,29,30,31,32). The highest BCUT2D eigenvalue weighted by Gasteiger charge is 2.48.